The highest BCUT2D eigenvalue weighted by atomic mass is 19.1. The standard InChI is InChI=1S/C12H14FN3O3/c1-12(15,4-6-19-7-5-14)10-8-9(16(17)18)2-3-11(10)13/h2-3,8H,4,6-7,15H2,1H3/t12-/m0/s1. The minimum Gasteiger partial charge on any atom is -0.366 e. The SMILES string of the molecule is C[C@](N)(CCOCC#N)c1cc([N+](=O)[O-])ccc1F. The van der Waals surface area contributed by atoms with Gasteiger partial charge in [0.2, 0.25) is 0 Å². The molecule has 1 aromatic carbocycles. The lowest BCUT2D eigenvalue weighted by molar-refractivity contribution is -0.385. The van der Waals surface area contributed by atoms with Crippen molar-refractivity contribution in [1.29, 1.82) is 5.26 Å². The maximum absolute atomic E-state index is 13.7. The van der Waals surface area contributed by atoms with E-state index in [4.69, 9.17) is 15.7 Å². The van der Waals surface area contributed by atoms with Crippen molar-refractivity contribution in [3.05, 3.63) is 39.7 Å². The van der Waals surface area contributed by atoms with E-state index in [1.165, 1.54) is 0 Å². The molecule has 0 heterocycles. The molecule has 1 aromatic rings. The van der Waals surface area contributed by atoms with Gasteiger partial charge in [-0.1, -0.05) is 0 Å². The molecule has 0 aliphatic rings. The minimum atomic E-state index is -1.11. The summed E-state index contributed by atoms with van der Waals surface area (Å²) < 4.78 is 18.7. The number of nitro benzene ring substituents is 1. The molecule has 2 N–H and O–H groups in total. The maximum Gasteiger partial charge on any atom is 0.269 e. The van der Waals surface area contributed by atoms with Crippen molar-refractivity contribution in [2.75, 3.05) is 13.2 Å². The Morgan fingerprint density at radius 2 is 2.32 bits per heavy atom. The van der Waals surface area contributed by atoms with E-state index in [-0.39, 0.29) is 30.9 Å². The van der Waals surface area contributed by atoms with E-state index in [0.717, 1.165) is 18.2 Å². The van der Waals surface area contributed by atoms with E-state index in [9.17, 15) is 14.5 Å². The Morgan fingerprint density at radius 3 is 2.89 bits per heavy atom. The molecule has 0 saturated carbocycles. The van der Waals surface area contributed by atoms with Crippen molar-refractivity contribution in [3.63, 3.8) is 0 Å². The van der Waals surface area contributed by atoms with Crippen molar-refractivity contribution in [2.24, 2.45) is 5.73 Å². The zero-order chi connectivity index (χ0) is 14.5. The smallest absolute Gasteiger partial charge is 0.269 e. The van der Waals surface area contributed by atoms with Crippen LogP contribution in [0, 0.1) is 27.3 Å². The molecule has 19 heavy (non-hydrogen) atoms. The van der Waals surface area contributed by atoms with Crippen LogP contribution in [0.15, 0.2) is 18.2 Å². The Kier molecular flexibility index (Phi) is 4.92. The molecule has 6 nitrogen and oxygen atoms in total. The fourth-order valence-electron chi connectivity index (χ4n) is 1.60. The summed E-state index contributed by atoms with van der Waals surface area (Å²) in [6.07, 6.45) is 0.243. The molecule has 0 spiro atoms. The fourth-order valence-corrected chi connectivity index (χ4v) is 1.60. The summed E-state index contributed by atoms with van der Waals surface area (Å²) in [7, 11) is 0. The number of non-ortho nitro benzene ring substituents is 1. The second-order valence-corrected chi connectivity index (χ2v) is 4.30. The van der Waals surface area contributed by atoms with Crippen molar-refractivity contribution in [2.45, 2.75) is 18.9 Å². The van der Waals surface area contributed by atoms with Gasteiger partial charge in [0.1, 0.15) is 12.4 Å². The summed E-state index contributed by atoms with van der Waals surface area (Å²) in [6, 6.07) is 5.03. The summed E-state index contributed by atoms with van der Waals surface area (Å²) >= 11 is 0. The summed E-state index contributed by atoms with van der Waals surface area (Å²) in [4.78, 5) is 10.1. The van der Waals surface area contributed by atoms with Crippen LogP contribution in [0.25, 0.3) is 0 Å². The minimum absolute atomic E-state index is 0.0576. The molecular formula is C12H14FN3O3. The highest BCUT2D eigenvalue weighted by Gasteiger charge is 2.26. The number of halogens is 1. The Morgan fingerprint density at radius 1 is 1.63 bits per heavy atom. The predicted molar refractivity (Wildman–Crippen MR) is 65.6 cm³/mol. The van der Waals surface area contributed by atoms with Crippen molar-refractivity contribution in [3.8, 4) is 6.07 Å². The molecule has 0 bridgehead atoms. The third-order valence-corrected chi connectivity index (χ3v) is 2.71. The molecule has 102 valence electrons. The summed E-state index contributed by atoms with van der Waals surface area (Å²) in [5.41, 5.74) is 4.70. The monoisotopic (exact) mass is 267 g/mol. The van der Waals surface area contributed by atoms with Crippen LogP contribution in [0.2, 0.25) is 0 Å². The first-order valence-electron chi connectivity index (χ1n) is 5.56. The molecule has 1 atom stereocenters. The number of nitriles is 1. The van der Waals surface area contributed by atoms with Crippen LogP contribution in [0.5, 0.6) is 0 Å². The van der Waals surface area contributed by atoms with Gasteiger partial charge in [-0.2, -0.15) is 5.26 Å². The average Bonchev–Trinajstić information content (AvgIpc) is 2.34. The van der Waals surface area contributed by atoms with Gasteiger partial charge in [0.05, 0.1) is 17.6 Å². The third kappa shape index (κ3) is 3.98. The first kappa shape index (κ1) is 15.0. The topological polar surface area (TPSA) is 102 Å². The van der Waals surface area contributed by atoms with Crippen molar-refractivity contribution < 1.29 is 14.1 Å². The predicted octanol–water partition coefficient (Wildman–Crippen LogP) is 1.84. The van der Waals surface area contributed by atoms with Crippen LogP contribution in [0.1, 0.15) is 18.9 Å². The lowest BCUT2D eigenvalue weighted by Gasteiger charge is -2.25. The molecule has 7 heteroatoms. The summed E-state index contributed by atoms with van der Waals surface area (Å²) in [5, 5.41) is 19.0. The highest BCUT2D eigenvalue weighted by molar-refractivity contribution is 5.38. The average molecular weight is 267 g/mol. The zero-order valence-corrected chi connectivity index (χ0v) is 10.4. The van der Waals surface area contributed by atoms with Crippen LogP contribution >= 0.6 is 0 Å². The normalized spacial score (nSPS) is 13.6. The Balaban J connectivity index is 2.90. The van der Waals surface area contributed by atoms with E-state index in [2.05, 4.69) is 0 Å². The molecule has 0 aromatic heterocycles. The number of nitro groups is 1. The lowest BCUT2D eigenvalue weighted by atomic mass is 9.89. The van der Waals surface area contributed by atoms with Gasteiger partial charge in [-0.3, -0.25) is 10.1 Å². The number of rotatable bonds is 6. The first-order chi connectivity index (χ1) is 8.88. The molecule has 1 rings (SSSR count). The Hall–Kier alpha value is -2.04. The van der Waals surface area contributed by atoms with Crippen molar-refractivity contribution >= 4 is 5.69 Å². The Bertz CT molecular complexity index is 511. The molecule has 0 aliphatic carbocycles. The fraction of sp³-hybridized carbons (Fsp3) is 0.417. The molecule has 0 radical (unpaired) electrons. The van der Waals surface area contributed by atoms with E-state index in [0.29, 0.717) is 0 Å². The van der Waals surface area contributed by atoms with Gasteiger partial charge < -0.3 is 10.5 Å². The van der Waals surface area contributed by atoms with Gasteiger partial charge in [-0.25, -0.2) is 4.39 Å². The maximum atomic E-state index is 13.7. The highest BCUT2D eigenvalue weighted by Crippen LogP contribution is 2.27. The van der Waals surface area contributed by atoms with Crippen LogP contribution < -0.4 is 5.73 Å². The van der Waals surface area contributed by atoms with E-state index in [1.54, 1.807) is 13.0 Å². The number of ether oxygens (including phenoxy) is 1. The molecule has 0 fully saturated rings. The number of hydrogen-bond acceptors (Lipinski definition) is 5. The van der Waals surface area contributed by atoms with Crippen molar-refractivity contribution in [1.82, 2.24) is 0 Å². The first-order valence-corrected chi connectivity index (χ1v) is 5.56. The van der Waals surface area contributed by atoms with E-state index < -0.39 is 16.3 Å². The second-order valence-electron chi connectivity index (χ2n) is 4.30. The molecule has 0 saturated heterocycles. The van der Waals surface area contributed by atoms with E-state index >= 15 is 0 Å². The Labute approximate surface area is 109 Å². The second kappa shape index (κ2) is 6.22. The quantitative estimate of drug-likeness (QED) is 0.481. The third-order valence-electron chi connectivity index (χ3n) is 2.71. The number of nitrogens with zero attached hydrogens (tertiary/aromatic N) is 2. The molecule has 0 unspecified atom stereocenters. The van der Waals surface area contributed by atoms with E-state index in [1.807, 2.05) is 0 Å². The van der Waals surface area contributed by atoms with Gasteiger partial charge >= 0.3 is 0 Å². The van der Waals surface area contributed by atoms with Gasteiger partial charge in [-0.05, 0) is 19.4 Å². The van der Waals surface area contributed by atoms with Crippen LogP contribution in [0.3, 0.4) is 0 Å². The largest absolute Gasteiger partial charge is 0.366 e. The summed E-state index contributed by atoms with van der Waals surface area (Å²) in [6.45, 7) is 1.65. The molecule has 0 aliphatic heterocycles. The van der Waals surface area contributed by atoms with Crippen LogP contribution in [-0.2, 0) is 10.3 Å². The van der Waals surface area contributed by atoms with Gasteiger partial charge in [-0.15, -0.1) is 0 Å². The van der Waals surface area contributed by atoms with Gasteiger partial charge in [0.15, 0.2) is 0 Å². The number of hydrogen-bond donors (Lipinski definition) is 1. The van der Waals surface area contributed by atoms with Gasteiger partial charge in [0.25, 0.3) is 5.69 Å². The molecular weight excluding hydrogens is 253 g/mol. The van der Waals surface area contributed by atoms with Gasteiger partial charge in [0, 0.05) is 23.2 Å². The van der Waals surface area contributed by atoms with Crippen LogP contribution in [-0.4, -0.2) is 18.1 Å². The summed E-state index contributed by atoms with van der Waals surface area (Å²) in [5.74, 6) is -0.601. The lowest BCUT2D eigenvalue weighted by Crippen LogP contribution is -2.35. The zero-order valence-electron chi connectivity index (χ0n) is 10.4. The molecule has 0 amide bonds. The number of nitrogens with two attached hydrogens (primary N) is 1. The van der Waals surface area contributed by atoms with Crippen LogP contribution in [0.4, 0.5) is 10.1 Å². The number of benzene rings is 1.